The number of aliphatic hydroxyl groups is 4. The van der Waals surface area contributed by atoms with Crippen LogP contribution in [-0.2, 0) is 9.47 Å². The van der Waals surface area contributed by atoms with Crippen LogP contribution < -0.4 is 0 Å². The van der Waals surface area contributed by atoms with E-state index in [1.54, 1.807) is 0 Å². The van der Waals surface area contributed by atoms with Crippen molar-refractivity contribution in [3.63, 3.8) is 0 Å². The van der Waals surface area contributed by atoms with Gasteiger partial charge in [-0.25, -0.2) is 0 Å². The van der Waals surface area contributed by atoms with E-state index in [0.717, 1.165) is 0 Å². The zero-order chi connectivity index (χ0) is 11.6. The molecular weight excluding hydrogens is 224 g/mol. The van der Waals surface area contributed by atoms with E-state index in [9.17, 15) is 10.2 Å². The van der Waals surface area contributed by atoms with Crippen LogP contribution in [0, 0.1) is 0 Å². The van der Waals surface area contributed by atoms with Gasteiger partial charge in [0, 0.05) is 6.92 Å². The smallest absolute Gasteiger partial charge is 0.263 e. The van der Waals surface area contributed by atoms with Crippen molar-refractivity contribution in [1.29, 1.82) is 0 Å². The number of rotatable bonds is 3. The van der Waals surface area contributed by atoms with E-state index in [1.165, 1.54) is 6.92 Å². The van der Waals surface area contributed by atoms with Gasteiger partial charge in [0.15, 0.2) is 11.2 Å². The maximum Gasteiger partial charge on any atom is 0.263 e. The Morgan fingerprint density at radius 2 is 2.07 bits per heavy atom. The summed E-state index contributed by atoms with van der Waals surface area (Å²) in [7, 11) is 0. The molecule has 1 aliphatic heterocycles. The molecule has 4 N–H and O–H groups in total. The van der Waals surface area contributed by atoms with Crippen molar-refractivity contribution in [2.24, 2.45) is 0 Å². The molecule has 0 amide bonds. The average Bonchev–Trinajstić information content (AvgIpc) is 2.42. The topological polar surface area (TPSA) is 99.4 Å². The zero-order valence-electron chi connectivity index (χ0n) is 8.16. The highest BCUT2D eigenvalue weighted by molar-refractivity contribution is 7.80. The van der Waals surface area contributed by atoms with Crippen molar-refractivity contribution in [3.8, 4) is 0 Å². The molecule has 4 atom stereocenters. The summed E-state index contributed by atoms with van der Waals surface area (Å²) < 4.78 is 10.1. The van der Waals surface area contributed by atoms with Gasteiger partial charge >= 0.3 is 0 Å². The maximum absolute atomic E-state index is 9.63. The van der Waals surface area contributed by atoms with Crippen molar-refractivity contribution in [2.75, 3.05) is 13.2 Å². The summed E-state index contributed by atoms with van der Waals surface area (Å²) in [5.41, 5.74) is 0. The molecule has 1 saturated heterocycles. The third kappa shape index (κ3) is 2.27. The standard InChI is InChI=1S/C8H14O6S/c1-4(15)13-8(3-10)7(12)6(11)5(2-9)14-8/h5-7,9-12H,2-3H2,1H3/t5-,6-,7+,8?/m1/s1. The monoisotopic (exact) mass is 238 g/mol. The van der Waals surface area contributed by atoms with Gasteiger partial charge in [-0.3, -0.25) is 0 Å². The number of ether oxygens (including phenoxy) is 2. The second-order valence-electron chi connectivity index (χ2n) is 3.34. The molecule has 0 aliphatic carbocycles. The van der Waals surface area contributed by atoms with Crippen LogP contribution in [0.1, 0.15) is 6.92 Å². The normalized spacial score (nSPS) is 40.5. The van der Waals surface area contributed by atoms with Crippen LogP contribution in [0.5, 0.6) is 0 Å². The summed E-state index contributed by atoms with van der Waals surface area (Å²) in [5, 5.41) is 37.1. The highest BCUT2D eigenvalue weighted by Gasteiger charge is 2.56. The predicted molar refractivity (Wildman–Crippen MR) is 53.1 cm³/mol. The summed E-state index contributed by atoms with van der Waals surface area (Å²) in [6.07, 6.45) is -3.78. The van der Waals surface area contributed by atoms with Crippen LogP contribution in [0.4, 0.5) is 0 Å². The minimum atomic E-state index is -1.78. The van der Waals surface area contributed by atoms with Gasteiger partial charge in [0.1, 0.15) is 18.8 Å². The van der Waals surface area contributed by atoms with E-state index < -0.39 is 37.3 Å². The third-order valence-electron chi connectivity index (χ3n) is 2.22. The van der Waals surface area contributed by atoms with Gasteiger partial charge < -0.3 is 29.9 Å². The van der Waals surface area contributed by atoms with Crippen LogP contribution in [0.15, 0.2) is 0 Å². The third-order valence-corrected chi connectivity index (χ3v) is 2.31. The van der Waals surface area contributed by atoms with E-state index >= 15 is 0 Å². The molecule has 0 saturated carbocycles. The van der Waals surface area contributed by atoms with Gasteiger partial charge in [0.2, 0.25) is 0 Å². The fourth-order valence-electron chi connectivity index (χ4n) is 1.50. The van der Waals surface area contributed by atoms with E-state index in [2.05, 4.69) is 12.2 Å². The minimum Gasteiger partial charge on any atom is -0.451 e. The SMILES string of the molecule is CC(=S)OC1(CO)O[C@H](CO)[C@@H](O)[C@@H]1O. The van der Waals surface area contributed by atoms with Crippen molar-refractivity contribution in [1.82, 2.24) is 0 Å². The summed E-state index contributed by atoms with van der Waals surface area (Å²) in [5.74, 6) is -1.78. The van der Waals surface area contributed by atoms with Gasteiger partial charge in [0.05, 0.1) is 6.61 Å². The van der Waals surface area contributed by atoms with E-state index in [1.807, 2.05) is 0 Å². The van der Waals surface area contributed by atoms with Gasteiger partial charge in [-0.05, 0) is 12.2 Å². The molecule has 6 nitrogen and oxygen atoms in total. The van der Waals surface area contributed by atoms with E-state index in [0.29, 0.717) is 0 Å². The highest BCUT2D eigenvalue weighted by Crippen LogP contribution is 2.32. The number of hydrogen-bond donors (Lipinski definition) is 4. The number of hydrogen-bond acceptors (Lipinski definition) is 7. The fourth-order valence-corrected chi connectivity index (χ4v) is 1.64. The molecule has 15 heavy (non-hydrogen) atoms. The first kappa shape index (κ1) is 12.8. The second kappa shape index (κ2) is 4.69. The molecule has 88 valence electrons. The first-order chi connectivity index (χ1) is 6.96. The molecule has 1 aliphatic rings. The van der Waals surface area contributed by atoms with Crippen LogP contribution >= 0.6 is 12.2 Å². The average molecular weight is 238 g/mol. The van der Waals surface area contributed by atoms with Crippen molar-refractivity contribution in [3.05, 3.63) is 0 Å². The summed E-state index contributed by atoms with van der Waals surface area (Å²) in [6, 6.07) is 0. The maximum atomic E-state index is 9.63. The lowest BCUT2D eigenvalue weighted by Crippen LogP contribution is -2.49. The predicted octanol–water partition coefficient (Wildman–Crippen LogP) is -1.85. The minimum absolute atomic E-state index is 0.0638. The Kier molecular flexibility index (Phi) is 3.99. The quantitative estimate of drug-likeness (QED) is 0.428. The molecule has 7 heteroatoms. The lowest BCUT2D eigenvalue weighted by atomic mass is 10.1. The molecule has 0 bridgehead atoms. The Bertz CT molecular complexity index is 247. The Morgan fingerprint density at radius 1 is 1.47 bits per heavy atom. The number of thiocarbonyl (C=S) groups is 1. The Morgan fingerprint density at radius 3 is 2.40 bits per heavy atom. The zero-order valence-corrected chi connectivity index (χ0v) is 8.98. The van der Waals surface area contributed by atoms with Gasteiger partial charge in [-0.1, -0.05) is 0 Å². The first-order valence-corrected chi connectivity index (χ1v) is 4.83. The van der Waals surface area contributed by atoms with Crippen LogP contribution in [0.25, 0.3) is 0 Å². The van der Waals surface area contributed by atoms with E-state index in [-0.39, 0.29) is 5.05 Å². The molecule has 0 aromatic carbocycles. The van der Waals surface area contributed by atoms with Crippen LogP contribution in [-0.4, -0.2) is 62.8 Å². The van der Waals surface area contributed by atoms with Gasteiger partial charge in [0.25, 0.3) is 5.79 Å². The Balaban J connectivity index is 2.86. The first-order valence-electron chi connectivity index (χ1n) is 4.42. The highest BCUT2D eigenvalue weighted by atomic mass is 32.1. The summed E-state index contributed by atoms with van der Waals surface area (Å²) in [4.78, 5) is 0. The molecule has 1 unspecified atom stereocenters. The van der Waals surface area contributed by atoms with Crippen molar-refractivity contribution < 1.29 is 29.9 Å². The van der Waals surface area contributed by atoms with Crippen LogP contribution in [0.2, 0.25) is 0 Å². The largest absolute Gasteiger partial charge is 0.451 e. The lowest BCUT2D eigenvalue weighted by molar-refractivity contribution is -0.237. The summed E-state index contributed by atoms with van der Waals surface area (Å²) >= 11 is 4.67. The van der Waals surface area contributed by atoms with Gasteiger partial charge in [-0.2, -0.15) is 0 Å². The molecular formula is C8H14O6S. The fraction of sp³-hybridized carbons (Fsp3) is 0.875. The molecule has 1 fully saturated rings. The van der Waals surface area contributed by atoms with Gasteiger partial charge in [-0.15, -0.1) is 0 Å². The summed E-state index contributed by atoms with van der Waals surface area (Å²) in [6.45, 7) is 0.289. The Labute approximate surface area is 92.1 Å². The second-order valence-corrected chi connectivity index (χ2v) is 3.91. The molecule has 0 aromatic heterocycles. The van der Waals surface area contributed by atoms with E-state index in [4.69, 9.17) is 19.7 Å². The molecule has 0 aromatic rings. The van der Waals surface area contributed by atoms with Crippen molar-refractivity contribution in [2.45, 2.75) is 31.0 Å². The lowest BCUT2D eigenvalue weighted by Gasteiger charge is -2.29. The van der Waals surface area contributed by atoms with Crippen LogP contribution in [0.3, 0.4) is 0 Å². The van der Waals surface area contributed by atoms with Crippen molar-refractivity contribution >= 4 is 17.3 Å². The molecule has 0 spiro atoms. The number of aliphatic hydroxyl groups excluding tert-OH is 4. The molecule has 0 radical (unpaired) electrons. The Hall–Kier alpha value is -0.310. The molecule has 1 heterocycles. The molecule has 1 rings (SSSR count).